The molecule has 0 amide bonds. The highest BCUT2D eigenvalue weighted by molar-refractivity contribution is 9.10. The minimum absolute atomic E-state index is 0.130. The van der Waals surface area contributed by atoms with E-state index in [2.05, 4.69) is 15.9 Å². The fourth-order valence-electron chi connectivity index (χ4n) is 1.71. The summed E-state index contributed by atoms with van der Waals surface area (Å²) in [4.78, 5) is 0.392. The molecule has 0 aliphatic heterocycles. The van der Waals surface area contributed by atoms with E-state index >= 15 is 0 Å². The van der Waals surface area contributed by atoms with Gasteiger partial charge in [-0.15, -0.1) is 0 Å². The Bertz CT molecular complexity index is 471. The van der Waals surface area contributed by atoms with Gasteiger partial charge < -0.3 is 5.73 Å². The molecule has 0 bridgehead atoms. The van der Waals surface area contributed by atoms with E-state index in [1.807, 2.05) is 13.0 Å². The molecule has 1 aromatic carbocycles. The molecule has 16 heavy (non-hydrogen) atoms. The van der Waals surface area contributed by atoms with E-state index in [4.69, 9.17) is 5.73 Å². The van der Waals surface area contributed by atoms with Crippen molar-refractivity contribution in [1.82, 2.24) is 0 Å². The quantitative estimate of drug-likeness (QED) is 0.928. The molecule has 0 saturated carbocycles. The van der Waals surface area contributed by atoms with E-state index in [0.29, 0.717) is 11.4 Å². The van der Waals surface area contributed by atoms with E-state index in [1.54, 1.807) is 12.1 Å². The van der Waals surface area contributed by atoms with Gasteiger partial charge in [0.1, 0.15) is 0 Å². The van der Waals surface area contributed by atoms with Crippen LogP contribution in [0, 0.1) is 0 Å². The van der Waals surface area contributed by atoms with Crippen molar-refractivity contribution in [1.29, 1.82) is 0 Å². The first-order chi connectivity index (χ1) is 7.38. The van der Waals surface area contributed by atoms with Crippen LogP contribution in [0.5, 0.6) is 0 Å². The predicted octanol–water partition coefficient (Wildman–Crippen LogP) is 2.30. The standard InChI is InChI=1S/C11H16BrNO2S/c1-8(6-7-13)11-9(12)4-3-5-10(11)16(2,14)15/h3-5,8H,6-7,13H2,1-2H3. The Kier molecular flexibility index (Phi) is 4.52. The van der Waals surface area contributed by atoms with Crippen LogP contribution in [0.25, 0.3) is 0 Å². The van der Waals surface area contributed by atoms with Gasteiger partial charge in [0.15, 0.2) is 9.84 Å². The third-order valence-corrected chi connectivity index (χ3v) is 4.35. The predicted molar refractivity (Wildman–Crippen MR) is 69.3 cm³/mol. The van der Waals surface area contributed by atoms with Crippen LogP contribution in [0.15, 0.2) is 27.6 Å². The minimum Gasteiger partial charge on any atom is -0.330 e. The molecular formula is C11H16BrNO2S. The molecule has 90 valence electrons. The molecule has 0 fully saturated rings. The maximum atomic E-state index is 11.7. The molecule has 1 atom stereocenters. The van der Waals surface area contributed by atoms with E-state index in [1.165, 1.54) is 6.26 Å². The van der Waals surface area contributed by atoms with Gasteiger partial charge in [-0.25, -0.2) is 8.42 Å². The lowest BCUT2D eigenvalue weighted by Gasteiger charge is -2.16. The van der Waals surface area contributed by atoms with Crippen molar-refractivity contribution in [3.8, 4) is 0 Å². The van der Waals surface area contributed by atoms with Gasteiger partial charge in [-0.05, 0) is 36.6 Å². The van der Waals surface area contributed by atoms with Gasteiger partial charge in [-0.3, -0.25) is 0 Å². The van der Waals surface area contributed by atoms with Gasteiger partial charge >= 0.3 is 0 Å². The van der Waals surface area contributed by atoms with Crippen LogP contribution in [0.1, 0.15) is 24.8 Å². The molecule has 0 aliphatic carbocycles. The first kappa shape index (κ1) is 13.7. The molecule has 0 spiro atoms. The van der Waals surface area contributed by atoms with Crippen molar-refractivity contribution >= 4 is 25.8 Å². The van der Waals surface area contributed by atoms with Gasteiger partial charge in [0.2, 0.25) is 0 Å². The minimum atomic E-state index is -3.19. The maximum absolute atomic E-state index is 11.7. The first-order valence-electron chi connectivity index (χ1n) is 5.06. The number of sulfone groups is 1. The van der Waals surface area contributed by atoms with Crippen molar-refractivity contribution in [2.24, 2.45) is 5.73 Å². The summed E-state index contributed by atoms with van der Waals surface area (Å²) in [7, 11) is -3.19. The number of hydrogen-bond acceptors (Lipinski definition) is 3. The first-order valence-corrected chi connectivity index (χ1v) is 7.75. The van der Waals surface area contributed by atoms with Gasteiger partial charge in [-0.2, -0.15) is 0 Å². The number of halogens is 1. The summed E-state index contributed by atoms with van der Waals surface area (Å²) < 4.78 is 24.2. The lowest BCUT2D eigenvalue weighted by molar-refractivity contribution is 0.596. The van der Waals surface area contributed by atoms with Crippen LogP contribution in [0.3, 0.4) is 0 Å². The third-order valence-electron chi connectivity index (χ3n) is 2.50. The summed E-state index contributed by atoms with van der Waals surface area (Å²) in [6.07, 6.45) is 2.00. The van der Waals surface area contributed by atoms with E-state index in [9.17, 15) is 8.42 Å². The monoisotopic (exact) mass is 305 g/mol. The molecule has 0 heterocycles. The summed E-state index contributed by atoms with van der Waals surface area (Å²) in [5.74, 6) is 0.130. The molecule has 0 saturated heterocycles. The zero-order valence-corrected chi connectivity index (χ0v) is 11.8. The fourth-order valence-corrected chi connectivity index (χ4v) is 3.64. The Balaban J connectivity index is 3.35. The largest absolute Gasteiger partial charge is 0.330 e. The molecule has 1 aromatic rings. The van der Waals surface area contributed by atoms with Crippen LogP contribution in [0.4, 0.5) is 0 Å². The highest BCUT2D eigenvalue weighted by atomic mass is 79.9. The highest BCUT2D eigenvalue weighted by Gasteiger charge is 2.19. The molecule has 2 N–H and O–H groups in total. The van der Waals surface area contributed by atoms with E-state index in [0.717, 1.165) is 16.5 Å². The summed E-state index contributed by atoms with van der Waals surface area (Å²) in [5, 5.41) is 0. The van der Waals surface area contributed by atoms with Crippen molar-refractivity contribution in [3.05, 3.63) is 28.2 Å². The second-order valence-corrected chi connectivity index (χ2v) is 6.74. The Morgan fingerprint density at radius 2 is 2.06 bits per heavy atom. The summed E-state index contributed by atoms with van der Waals surface area (Å²) in [6.45, 7) is 2.54. The summed E-state index contributed by atoms with van der Waals surface area (Å²) in [5.41, 5.74) is 6.34. The second kappa shape index (κ2) is 5.29. The fraction of sp³-hybridized carbons (Fsp3) is 0.455. The number of hydrogen-bond donors (Lipinski definition) is 1. The Hall–Kier alpha value is -0.390. The third kappa shape index (κ3) is 3.06. The van der Waals surface area contributed by atoms with Crippen LogP contribution in [-0.2, 0) is 9.84 Å². The zero-order chi connectivity index (χ0) is 12.3. The average molecular weight is 306 g/mol. The number of rotatable bonds is 4. The molecule has 0 aromatic heterocycles. The lowest BCUT2D eigenvalue weighted by Crippen LogP contribution is -2.10. The lowest BCUT2D eigenvalue weighted by atomic mass is 9.98. The van der Waals surface area contributed by atoms with Crippen LogP contribution in [-0.4, -0.2) is 21.2 Å². The Morgan fingerprint density at radius 3 is 2.56 bits per heavy atom. The smallest absolute Gasteiger partial charge is 0.175 e. The van der Waals surface area contributed by atoms with Crippen LogP contribution >= 0.6 is 15.9 Å². The van der Waals surface area contributed by atoms with Gasteiger partial charge in [-0.1, -0.05) is 28.9 Å². The van der Waals surface area contributed by atoms with E-state index in [-0.39, 0.29) is 5.92 Å². The molecule has 1 rings (SSSR count). The molecule has 1 unspecified atom stereocenters. The van der Waals surface area contributed by atoms with Crippen molar-refractivity contribution in [2.75, 3.05) is 12.8 Å². The van der Waals surface area contributed by atoms with Crippen molar-refractivity contribution < 1.29 is 8.42 Å². The molecule has 5 heteroatoms. The topological polar surface area (TPSA) is 60.2 Å². The van der Waals surface area contributed by atoms with Crippen molar-refractivity contribution in [2.45, 2.75) is 24.2 Å². The normalized spacial score (nSPS) is 13.8. The van der Waals surface area contributed by atoms with Crippen LogP contribution in [0.2, 0.25) is 0 Å². The maximum Gasteiger partial charge on any atom is 0.175 e. The summed E-state index contributed by atoms with van der Waals surface area (Å²) >= 11 is 3.40. The highest BCUT2D eigenvalue weighted by Crippen LogP contribution is 2.32. The molecule has 3 nitrogen and oxygen atoms in total. The Morgan fingerprint density at radius 1 is 1.44 bits per heavy atom. The number of benzene rings is 1. The van der Waals surface area contributed by atoms with E-state index < -0.39 is 9.84 Å². The summed E-state index contributed by atoms with van der Waals surface area (Å²) in [6, 6.07) is 5.23. The average Bonchev–Trinajstić information content (AvgIpc) is 2.16. The van der Waals surface area contributed by atoms with Crippen molar-refractivity contribution in [3.63, 3.8) is 0 Å². The van der Waals surface area contributed by atoms with Crippen LogP contribution < -0.4 is 5.73 Å². The number of nitrogens with two attached hydrogens (primary N) is 1. The second-order valence-electron chi connectivity index (χ2n) is 3.90. The molecule has 0 aliphatic rings. The SMILES string of the molecule is CC(CCN)c1c(Br)cccc1S(C)(=O)=O. The Labute approximate surface area is 105 Å². The van der Waals surface area contributed by atoms with Gasteiger partial charge in [0.25, 0.3) is 0 Å². The molecular weight excluding hydrogens is 290 g/mol. The van der Waals surface area contributed by atoms with Gasteiger partial charge in [0.05, 0.1) is 4.90 Å². The zero-order valence-electron chi connectivity index (χ0n) is 9.40. The molecule has 0 radical (unpaired) electrons. The van der Waals surface area contributed by atoms with Gasteiger partial charge in [0, 0.05) is 10.7 Å².